The summed E-state index contributed by atoms with van der Waals surface area (Å²) in [5, 5.41) is 22.3. The van der Waals surface area contributed by atoms with Crippen molar-refractivity contribution in [1.29, 1.82) is 5.26 Å². The number of β-amino-alcohol motifs (C(OH)–C–C–N with tert-alkyl or cyclic N) is 1. The van der Waals surface area contributed by atoms with Crippen LogP contribution in [-0.4, -0.2) is 70.9 Å². The minimum absolute atomic E-state index is 0.256. The quantitative estimate of drug-likeness (QED) is 0.283. The number of nitrogens with zero attached hydrogens (tertiary/aromatic N) is 6. The Balaban J connectivity index is 1.38. The summed E-state index contributed by atoms with van der Waals surface area (Å²) in [6.07, 6.45) is 2.80. The minimum atomic E-state index is -0.419. The Morgan fingerprint density at radius 3 is 2.60 bits per heavy atom. The third-order valence-electron chi connectivity index (χ3n) is 10.00. The van der Waals surface area contributed by atoms with Crippen LogP contribution in [0.15, 0.2) is 12.1 Å². The van der Waals surface area contributed by atoms with E-state index in [1.165, 1.54) is 6.07 Å². The molecule has 0 radical (unpaired) electrons. The molecule has 2 aromatic carbocycles. The first kappa shape index (κ1) is 29.2. The first-order valence-corrected chi connectivity index (χ1v) is 16.9. The van der Waals surface area contributed by atoms with Crippen molar-refractivity contribution in [2.24, 2.45) is 5.92 Å². The van der Waals surface area contributed by atoms with Crippen LogP contribution in [0.2, 0.25) is 5.02 Å². The number of aliphatic hydroxyl groups is 1. The van der Waals surface area contributed by atoms with E-state index in [4.69, 9.17) is 32.0 Å². The van der Waals surface area contributed by atoms with Crippen molar-refractivity contribution in [2.75, 3.05) is 48.3 Å². The fourth-order valence-corrected chi connectivity index (χ4v) is 9.40. The first-order chi connectivity index (χ1) is 21.7. The fraction of sp³-hybridized carbons (Fsp3) is 0.485. The molecular weight excluding hydrogens is 613 g/mol. The summed E-state index contributed by atoms with van der Waals surface area (Å²) >= 11 is 8.55. The first-order valence-electron chi connectivity index (χ1n) is 15.7. The highest BCUT2D eigenvalue weighted by atomic mass is 35.5. The van der Waals surface area contributed by atoms with Crippen molar-refractivity contribution in [2.45, 2.75) is 64.5 Å². The zero-order chi connectivity index (χ0) is 31.1. The zero-order valence-corrected chi connectivity index (χ0v) is 26.9. The average Bonchev–Trinajstić information content (AvgIpc) is 3.79. The van der Waals surface area contributed by atoms with Gasteiger partial charge in [0.05, 0.1) is 45.5 Å². The van der Waals surface area contributed by atoms with Gasteiger partial charge in [-0.15, -0.1) is 11.3 Å². The molecule has 2 aromatic heterocycles. The molecule has 234 valence electrons. The van der Waals surface area contributed by atoms with E-state index in [2.05, 4.69) is 27.7 Å². The minimum Gasteiger partial charge on any atom is -0.392 e. The van der Waals surface area contributed by atoms with Crippen LogP contribution >= 0.6 is 22.9 Å². The smallest absolute Gasteiger partial charge is 0.227 e. The molecule has 45 heavy (non-hydrogen) atoms. The lowest BCUT2D eigenvalue weighted by Gasteiger charge is -2.43. The number of likely N-dealkylation sites (tertiary alicyclic amines) is 1. The highest BCUT2D eigenvalue weighted by molar-refractivity contribution is 7.23. The molecule has 4 aromatic rings. The van der Waals surface area contributed by atoms with Gasteiger partial charge in [0.2, 0.25) is 5.95 Å². The molecule has 0 amide bonds. The SMILES string of the molecule is CC(O)CN1CC2CCC(C1)N2c1nc(N2CCC(C)C2)nc2c(Cl)c(-c3ccc(F)c4sc(N)c(C#N)c34)c3c(c12)COC3. The number of benzene rings is 2. The average molecular weight is 648 g/mol. The Labute approximate surface area is 270 Å². The summed E-state index contributed by atoms with van der Waals surface area (Å²) < 4.78 is 21.5. The van der Waals surface area contributed by atoms with Crippen LogP contribution in [0.4, 0.5) is 21.2 Å². The molecule has 3 saturated heterocycles. The van der Waals surface area contributed by atoms with Gasteiger partial charge in [0.1, 0.15) is 22.7 Å². The monoisotopic (exact) mass is 647 g/mol. The van der Waals surface area contributed by atoms with Crippen molar-refractivity contribution in [3.8, 4) is 17.2 Å². The van der Waals surface area contributed by atoms with E-state index >= 15 is 4.39 Å². The summed E-state index contributed by atoms with van der Waals surface area (Å²) in [5.41, 5.74) is 10.4. The number of aliphatic hydroxyl groups excluding tert-OH is 1. The Kier molecular flexibility index (Phi) is 7.07. The Morgan fingerprint density at radius 2 is 1.91 bits per heavy atom. The molecule has 4 aliphatic heterocycles. The standard InChI is InChI=1S/C33H35ClFN7O2S/c1-16-7-8-41(10-16)33-38-29-27(32(39-33)42-18-3-4-19(42)13-40(12-18)11-17(2)43)23-15-44-14-22(23)25(28(29)34)20-5-6-24(35)30-26(20)21(9-36)31(37)45-30/h5-6,16-19,43H,3-4,7-8,10-15,37H2,1-2H3. The third kappa shape index (κ3) is 4.56. The largest absolute Gasteiger partial charge is 0.392 e. The summed E-state index contributed by atoms with van der Waals surface area (Å²) in [5.74, 6) is 1.68. The van der Waals surface area contributed by atoms with Crippen LogP contribution in [0.3, 0.4) is 0 Å². The number of rotatable bonds is 5. The zero-order valence-electron chi connectivity index (χ0n) is 25.3. The fourth-order valence-electron chi connectivity index (χ4n) is 8.09. The van der Waals surface area contributed by atoms with Crippen molar-refractivity contribution >= 4 is 60.7 Å². The maximum absolute atomic E-state index is 15.1. The van der Waals surface area contributed by atoms with E-state index < -0.39 is 5.82 Å². The summed E-state index contributed by atoms with van der Waals surface area (Å²) in [6, 6.07) is 5.83. The second-order valence-electron chi connectivity index (χ2n) is 13.2. The van der Waals surface area contributed by atoms with Crippen molar-refractivity contribution in [1.82, 2.24) is 14.9 Å². The number of hydrogen-bond donors (Lipinski definition) is 2. The highest BCUT2D eigenvalue weighted by Crippen LogP contribution is 2.50. The van der Waals surface area contributed by atoms with Crippen LogP contribution in [0.25, 0.3) is 32.1 Å². The molecule has 0 aliphatic carbocycles. The van der Waals surface area contributed by atoms with Crippen LogP contribution in [0, 0.1) is 23.1 Å². The molecule has 4 aliphatic rings. The van der Waals surface area contributed by atoms with Gasteiger partial charge in [-0.25, -0.2) is 9.37 Å². The molecule has 0 spiro atoms. The normalized spacial score (nSPS) is 23.8. The molecule has 3 fully saturated rings. The van der Waals surface area contributed by atoms with Crippen LogP contribution in [0.1, 0.15) is 49.8 Å². The number of thiophene rings is 1. The molecule has 0 saturated carbocycles. The van der Waals surface area contributed by atoms with E-state index in [0.717, 1.165) is 79.1 Å². The summed E-state index contributed by atoms with van der Waals surface area (Å²) in [7, 11) is 0. The van der Waals surface area contributed by atoms with E-state index in [1.54, 1.807) is 6.07 Å². The molecule has 8 rings (SSSR count). The summed E-state index contributed by atoms with van der Waals surface area (Å²) in [6.45, 7) is 8.93. The van der Waals surface area contributed by atoms with E-state index in [-0.39, 0.29) is 28.8 Å². The number of aromatic nitrogens is 2. The number of nitrogens with two attached hydrogens (primary N) is 1. The lowest BCUT2D eigenvalue weighted by Crippen LogP contribution is -2.55. The van der Waals surface area contributed by atoms with Gasteiger partial charge < -0.3 is 25.4 Å². The predicted octanol–water partition coefficient (Wildman–Crippen LogP) is 5.67. The molecular formula is C33H35ClFN7O2S. The maximum Gasteiger partial charge on any atom is 0.227 e. The number of ether oxygens (including phenoxy) is 1. The van der Waals surface area contributed by atoms with Crippen molar-refractivity contribution in [3.05, 3.63) is 39.7 Å². The summed E-state index contributed by atoms with van der Waals surface area (Å²) in [4.78, 5) is 17.6. The molecule has 3 N–H and O–H groups in total. The lowest BCUT2D eigenvalue weighted by atomic mass is 9.90. The molecule has 4 unspecified atom stereocenters. The van der Waals surface area contributed by atoms with E-state index in [9.17, 15) is 10.4 Å². The van der Waals surface area contributed by atoms with Gasteiger partial charge in [0.25, 0.3) is 0 Å². The molecule has 4 atom stereocenters. The van der Waals surface area contributed by atoms with Crippen molar-refractivity contribution < 1.29 is 14.2 Å². The third-order valence-corrected chi connectivity index (χ3v) is 11.4. The van der Waals surface area contributed by atoms with Crippen LogP contribution in [0.5, 0.6) is 0 Å². The van der Waals surface area contributed by atoms with Crippen LogP contribution < -0.4 is 15.5 Å². The van der Waals surface area contributed by atoms with E-state index in [0.29, 0.717) is 63.4 Å². The van der Waals surface area contributed by atoms with Gasteiger partial charge in [-0.3, -0.25) is 4.90 Å². The Hall–Kier alpha value is -3.27. The van der Waals surface area contributed by atoms with E-state index in [1.807, 2.05) is 6.92 Å². The maximum atomic E-state index is 15.1. The number of hydrogen-bond acceptors (Lipinski definition) is 10. The van der Waals surface area contributed by atoms with Gasteiger partial charge in [-0.2, -0.15) is 10.2 Å². The second-order valence-corrected chi connectivity index (χ2v) is 14.6. The number of fused-ring (bicyclic) bond motifs is 6. The highest BCUT2D eigenvalue weighted by Gasteiger charge is 2.43. The Bertz CT molecular complexity index is 1890. The van der Waals surface area contributed by atoms with Gasteiger partial charge in [0, 0.05) is 55.8 Å². The number of piperazine rings is 1. The number of nitrogen functional groups attached to an aromatic ring is 1. The topological polar surface area (TPSA) is 115 Å². The number of halogens is 2. The Morgan fingerprint density at radius 1 is 1.16 bits per heavy atom. The molecule has 12 heteroatoms. The molecule has 2 bridgehead atoms. The second kappa shape index (κ2) is 10.9. The van der Waals surface area contributed by atoms with Crippen molar-refractivity contribution in [3.63, 3.8) is 0 Å². The van der Waals surface area contributed by atoms with Crippen LogP contribution in [-0.2, 0) is 18.0 Å². The molecule has 6 heterocycles. The van der Waals surface area contributed by atoms with Gasteiger partial charge in [-0.1, -0.05) is 24.6 Å². The number of nitriles is 1. The van der Waals surface area contributed by atoms with Gasteiger partial charge >= 0.3 is 0 Å². The lowest BCUT2D eigenvalue weighted by molar-refractivity contribution is 0.111. The number of anilines is 3. The molecule has 9 nitrogen and oxygen atoms in total. The van der Waals surface area contributed by atoms with Gasteiger partial charge in [0.15, 0.2) is 0 Å². The predicted molar refractivity (Wildman–Crippen MR) is 176 cm³/mol. The van der Waals surface area contributed by atoms with Gasteiger partial charge in [-0.05, 0) is 54.9 Å².